The summed E-state index contributed by atoms with van der Waals surface area (Å²) >= 11 is 0. The van der Waals surface area contributed by atoms with Crippen molar-refractivity contribution in [1.29, 1.82) is 0 Å². The molecule has 2 N–H and O–H groups in total. The second kappa shape index (κ2) is 3.66. The first-order valence-corrected chi connectivity index (χ1v) is 6.14. The molecule has 1 aromatic heterocycles. The lowest BCUT2D eigenvalue weighted by Gasteiger charge is -2.03. The summed E-state index contributed by atoms with van der Waals surface area (Å²) in [6.07, 6.45) is 0. The molecule has 98 valence electrons. The minimum Gasteiger partial charge on any atom is -0.481 e. The number of rotatable bonds is 2. The number of benzene rings is 1. The van der Waals surface area contributed by atoms with Crippen LogP contribution in [-0.2, 0) is 4.79 Å². The molecule has 0 radical (unpaired) electrons. The third-order valence-electron chi connectivity index (χ3n) is 4.02. The van der Waals surface area contributed by atoms with Crippen molar-refractivity contribution < 1.29 is 9.90 Å². The third kappa shape index (κ3) is 1.65. The maximum absolute atomic E-state index is 12.0. The molecule has 5 nitrogen and oxygen atoms in total. The largest absolute Gasteiger partial charge is 0.481 e. The van der Waals surface area contributed by atoms with Crippen LogP contribution >= 0.6 is 0 Å². The number of nitrogens with one attached hydrogen (secondary N) is 1. The van der Waals surface area contributed by atoms with E-state index < -0.39 is 11.9 Å². The van der Waals surface area contributed by atoms with E-state index >= 15 is 0 Å². The second-order valence-corrected chi connectivity index (χ2v) is 5.58. The number of fused-ring (bicyclic) bond motifs is 1. The van der Waals surface area contributed by atoms with Gasteiger partial charge in [-0.25, -0.2) is 4.98 Å². The summed E-state index contributed by atoms with van der Waals surface area (Å²) in [5.41, 5.74) is 0.0186. The molecule has 19 heavy (non-hydrogen) atoms. The van der Waals surface area contributed by atoms with Gasteiger partial charge in [-0.1, -0.05) is 26.0 Å². The van der Waals surface area contributed by atoms with Crippen LogP contribution in [0.5, 0.6) is 0 Å². The Hall–Kier alpha value is -2.17. The number of para-hydroxylation sites is 1. The summed E-state index contributed by atoms with van der Waals surface area (Å²) < 4.78 is 0. The van der Waals surface area contributed by atoms with E-state index in [1.165, 1.54) is 0 Å². The average Bonchev–Trinajstić information content (AvgIpc) is 2.92. The van der Waals surface area contributed by atoms with Gasteiger partial charge in [-0.15, -0.1) is 0 Å². The Bertz CT molecular complexity index is 733. The topological polar surface area (TPSA) is 83.0 Å². The van der Waals surface area contributed by atoms with Gasteiger partial charge in [0.05, 0.1) is 16.8 Å². The van der Waals surface area contributed by atoms with Gasteiger partial charge in [-0.2, -0.15) is 0 Å². The number of aromatic nitrogens is 2. The first kappa shape index (κ1) is 11.9. The number of nitrogens with zero attached hydrogens (tertiary/aromatic N) is 1. The number of carbonyl (C=O) groups is 1. The molecule has 2 aromatic rings. The lowest BCUT2D eigenvalue weighted by Crippen LogP contribution is -2.12. The van der Waals surface area contributed by atoms with Crippen LogP contribution in [-0.4, -0.2) is 21.0 Å². The number of aromatic amines is 1. The molecule has 1 heterocycles. The van der Waals surface area contributed by atoms with Crippen LogP contribution in [0.15, 0.2) is 29.1 Å². The van der Waals surface area contributed by atoms with Gasteiger partial charge < -0.3 is 10.1 Å². The molecule has 0 amide bonds. The summed E-state index contributed by atoms with van der Waals surface area (Å²) in [4.78, 5) is 30.3. The van der Waals surface area contributed by atoms with E-state index in [1.54, 1.807) is 18.2 Å². The molecule has 0 unspecified atom stereocenters. The highest BCUT2D eigenvalue weighted by molar-refractivity contribution is 5.79. The zero-order valence-corrected chi connectivity index (χ0v) is 10.7. The van der Waals surface area contributed by atoms with Gasteiger partial charge in [0.15, 0.2) is 0 Å². The van der Waals surface area contributed by atoms with E-state index in [0.29, 0.717) is 16.7 Å². The normalized spacial score (nSPS) is 24.3. The fraction of sp³-hybridized carbons (Fsp3) is 0.357. The quantitative estimate of drug-likeness (QED) is 0.859. The maximum atomic E-state index is 12.0. The molecule has 3 rings (SSSR count). The number of H-pyrrole nitrogens is 1. The zero-order chi connectivity index (χ0) is 13.8. The molecule has 1 aliphatic carbocycles. The SMILES string of the molecule is CC1(C)[C@H](c2nc3ccccc3c(=O)[nH]2)[C@@H]1C(=O)O. The highest BCUT2D eigenvalue weighted by atomic mass is 16.4. The van der Waals surface area contributed by atoms with Crippen LogP contribution in [0.4, 0.5) is 0 Å². The molecule has 0 saturated heterocycles. The van der Waals surface area contributed by atoms with Gasteiger partial charge in [-0.3, -0.25) is 9.59 Å². The number of hydrogen-bond acceptors (Lipinski definition) is 3. The van der Waals surface area contributed by atoms with Crippen molar-refractivity contribution in [3.63, 3.8) is 0 Å². The van der Waals surface area contributed by atoms with Crippen molar-refractivity contribution in [2.24, 2.45) is 11.3 Å². The fourth-order valence-corrected chi connectivity index (χ4v) is 2.86. The van der Waals surface area contributed by atoms with Crippen molar-refractivity contribution in [3.05, 3.63) is 40.4 Å². The molecule has 0 spiro atoms. The Labute approximate surface area is 109 Å². The zero-order valence-electron chi connectivity index (χ0n) is 10.7. The molecular formula is C14H14N2O3. The molecular weight excluding hydrogens is 244 g/mol. The van der Waals surface area contributed by atoms with Gasteiger partial charge in [0.2, 0.25) is 0 Å². The van der Waals surface area contributed by atoms with E-state index in [9.17, 15) is 14.7 Å². The summed E-state index contributed by atoms with van der Waals surface area (Å²) in [5.74, 6) is -1.09. The van der Waals surface area contributed by atoms with Crippen molar-refractivity contribution in [2.75, 3.05) is 0 Å². The first-order valence-electron chi connectivity index (χ1n) is 6.14. The number of aliphatic carboxylic acids is 1. The van der Waals surface area contributed by atoms with E-state index in [4.69, 9.17) is 0 Å². The smallest absolute Gasteiger partial charge is 0.307 e. The molecule has 0 bridgehead atoms. The molecule has 1 aromatic carbocycles. The summed E-state index contributed by atoms with van der Waals surface area (Å²) in [5, 5.41) is 9.71. The summed E-state index contributed by atoms with van der Waals surface area (Å²) in [6, 6.07) is 7.06. The fourth-order valence-electron chi connectivity index (χ4n) is 2.86. The van der Waals surface area contributed by atoms with Crippen LogP contribution < -0.4 is 5.56 Å². The van der Waals surface area contributed by atoms with E-state index in [0.717, 1.165) is 0 Å². The second-order valence-electron chi connectivity index (χ2n) is 5.58. The van der Waals surface area contributed by atoms with Gasteiger partial charge in [0.25, 0.3) is 5.56 Å². The summed E-state index contributed by atoms with van der Waals surface area (Å²) in [6.45, 7) is 3.76. The number of carboxylic acid groups (broad SMARTS) is 1. The highest BCUT2D eigenvalue weighted by Gasteiger charge is 2.64. The van der Waals surface area contributed by atoms with Gasteiger partial charge >= 0.3 is 5.97 Å². The Morgan fingerprint density at radius 3 is 2.68 bits per heavy atom. The number of carboxylic acids is 1. The Morgan fingerprint density at radius 1 is 1.37 bits per heavy atom. The minimum absolute atomic E-state index is 0.215. The highest BCUT2D eigenvalue weighted by Crippen LogP contribution is 2.63. The van der Waals surface area contributed by atoms with Crippen molar-refractivity contribution >= 4 is 16.9 Å². The van der Waals surface area contributed by atoms with Gasteiger partial charge in [0.1, 0.15) is 5.82 Å². The van der Waals surface area contributed by atoms with Crippen molar-refractivity contribution in [1.82, 2.24) is 9.97 Å². The maximum Gasteiger partial charge on any atom is 0.307 e. The molecule has 5 heteroatoms. The molecule has 0 aliphatic heterocycles. The minimum atomic E-state index is -0.842. The Kier molecular flexibility index (Phi) is 2.29. The molecule has 2 atom stereocenters. The average molecular weight is 258 g/mol. The van der Waals surface area contributed by atoms with Crippen molar-refractivity contribution in [3.8, 4) is 0 Å². The molecule has 1 saturated carbocycles. The van der Waals surface area contributed by atoms with Crippen LogP contribution in [0.1, 0.15) is 25.6 Å². The molecule has 1 fully saturated rings. The van der Waals surface area contributed by atoms with E-state index in [2.05, 4.69) is 9.97 Å². The predicted molar refractivity (Wildman–Crippen MR) is 70.0 cm³/mol. The monoisotopic (exact) mass is 258 g/mol. The summed E-state index contributed by atoms with van der Waals surface area (Å²) in [7, 11) is 0. The van der Waals surface area contributed by atoms with E-state index in [1.807, 2.05) is 19.9 Å². The lowest BCUT2D eigenvalue weighted by molar-refractivity contribution is -0.139. The van der Waals surface area contributed by atoms with Crippen LogP contribution in [0.3, 0.4) is 0 Å². The number of hydrogen-bond donors (Lipinski definition) is 2. The lowest BCUT2D eigenvalue weighted by atomic mass is 10.1. The van der Waals surface area contributed by atoms with Crippen molar-refractivity contribution in [2.45, 2.75) is 19.8 Å². The van der Waals surface area contributed by atoms with Gasteiger partial charge in [0, 0.05) is 5.92 Å². The standard InChI is InChI=1S/C14H14N2O3/c1-14(2)9(10(14)13(18)19)11-15-8-6-4-3-5-7(8)12(17)16-11/h3-6,9-10H,1-2H3,(H,18,19)(H,15,16,17)/t9-,10+/m0/s1. The van der Waals surface area contributed by atoms with Crippen LogP contribution in [0.2, 0.25) is 0 Å². The third-order valence-corrected chi connectivity index (χ3v) is 4.02. The first-order chi connectivity index (χ1) is 8.93. The van der Waals surface area contributed by atoms with E-state index in [-0.39, 0.29) is 16.9 Å². The van der Waals surface area contributed by atoms with Crippen LogP contribution in [0, 0.1) is 11.3 Å². The van der Waals surface area contributed by atoms with Gasteiger partial charge in [-0.05, 0) is 17.5 Å². The Balaban J connectivity index is 2.13. The molecule has 1 aliphatic rings. The predicted octanol–water partition coefficient (Wildman–Crippen LogP) is 1.75. The van der Waals surface area contributed by atoms with Crippen LogP contribution in [0.25, 0.3) is 10.9 Å². The Morgan fingerprint density at radius 2 is 2.05 bits per heavy atom.